The molecule has 160 valence electrons. The number of imide groups is 2. The number of piperidine rings is 1. The van der Waals surface area contributed by atoms with Crippen molar-refractivity contribution in [2.24, 2.45) is 0 Å². The number of nitrogens with one attached hydrogen (secondary N) is 2. The van der Waals surface area contributed by atoms with Crippen LogP contribution < -0.4 is 10.6 Å². The molecule has 0 saturated carbocycles. The number of carboxylic acid groups (broad SMARTS) is 1. The van der Waals surface area contributed by atoms with E-state index in [-0.39, 0.29) is 43.5 Å². The van der Waals surface area contributed by atoms with Crippen LogP contribution in [-0.2, 0) is 27.5 Å². The van der Waals surface area contributed by atoms with Gasteiger partial charge in [-0.2, -0.15) is 0 Å². The number of nitrogens with zero attached hydrogens (tertiary/aromatic N) is 4. The van der Waals surface area contributed by atoms with E-state index in [9.17, 15) is 24.0 Å². The molecule has 1 saturated heterocycles. The van der Waals surface area contributed by atoms with E-state index >= 15 is 0 Å². The van der Waals surface area contributed by atoms with Gasteiger partial charge < -0.3 is 10.4 Å². The summed E-state index contributed by atoms with van der Waals surface area (Å²) in [5.74, 6) is -3.24. The van der Waals surface area contributed by atoms with Gasteiger partial charge in [0.2, 0.25) is 11.8 Å². The molecule has 0 radical (unpaired) electrons. The van der Waals surface area contributed by atoms with Crippen LogP contribution in [0.2, 0.25) is 0 Å². The quantitative estimate of drug-likeness (QED) is 0.507. The van der Waals surface area contributed by atoms with Crippen molar-refractivity contribution in [2.75, 3.05) is 5.32 Å². The first-order valence-electron chi connectivity index (χ1n) is 9.54. The highest BCUT2D eigenvalue weighted by molar-refractivity contribution is 6.25. The highest BCUT2D eigenvalue weighted by Gasteiger charge is 2.45. The minimum atomic E-state index is -1.04. The Bertz CT molecular complexity index is 1110. The van der Waals surface area contributed by atoms with E-state index in [1.54, 1.807) is 18.3 Å². The van der Waals surface area contributed by atoms with Crippen LogP contribution in [0, 0.1) is 0 Å². The Labute approximate surface area is 175 Å². The zero-order valence-electron chi connectivity index (χ0n) is 16.2. The Morgan fingerprint density at radius 3 is 2.77 bits per heavy atom. The molecule has 0 bridgehead atoms. The van der Waals surface area contributed by atoms with Crippen molar-refractivity contribution in [1.82, 2.24) is 25.2 Å². The number of anilines is 1. The number of fused-ring (bicyclic) bond motifs is 1. The normalized spacial score (nSPS) is 18.2. The molecule has 4 rings (SSSR count). The largest absolute Gasteiger partial charge is 0.481 e. The number of aryl methyl sites for hydroxylation is 1. The molecule has 3 N–H and O–H groups in total. The number of carboxylic acids is 1. The molecule has 1 unspecified atom stereocenters. The first kappa shape index (κ1) is 20.2. The molecule has 2 aliphatic rings. The number of benzene rings is 1. The highest BCUT2D eigenvalue weighted by Crippen LogP contribution is 2.32. The van der Waals surface area contributed by atoms with Gasteiger partial charge in [-0.1, -0.05) is 11.3 Å². The molecule has 1 fully saturated rings. The van der Waals surface area contributed by atoms with Crippen LogP contribution in [0.4, 0.5) is 5.69 Å². The van der Waals surface area contributed by atoms with Gasteiger partial charge in [-0.25, -0.2) is 0 Å². The zero-order chi connectivity index (χ0) is 22.1. The lowest BCUT2D eigenvalue weighted by Crippen LogP contribution is -2.54. The predicted molar refractivity (Wildman–Crippen MR) is 103 cm³/mol. The van der Waals surface area contributed by atoms with Crippen LogP contribution in [-0.4, -0.2) is 60.6 Å². The molecule has 3 heterocycles. The number of hydrogen-bond acceptors (Lipinski definition) is 8. The first-order chi connectivity index (χ1) is 14.8. The third kappa shape index (κ3) is 3.86. The molecule has 0 spiro atoms. The molecular weight excluding hydrogens is 408 g/mol. The molecular formula is C19H18N6O6. The summed E-state index contributed by atoms with van der Waals surface area (Å²) in [4.78, 5) is 61.0. The maximum Gasteiger partial charge on any atom is 0.305 e. The number of amides is 4. The minimum absolute atomic E-state index is 0.0481. The third-order valence-electron chi connectivity index (χ3n) is 5.07. The van der Waals surface area contributed by atoms with Gasteiger partial charge in [0.15, 0.2) is 0 Å². The Morgan fingerprint density at radius 2 is 2.03 bits per heavy atom. The summed E-state index contributed by atoms with van der Waals surface area (Å²) in [6.07, 6.45) is 1.63. The Kier molecular flexibility index (Phi) is 5.19. The molecule has 1 aromatic carbocycles. The fourth-order valence-corrected chi connectivity index (χ4v) is 3.59. The predicted octanol–water partition coefficient (Wildman–Crippen LogP) is -0.234. The van der Waals surface area contributed by atoms with Crippen molar-refractivity contribution < 1.29 is 29.1 Å². The minimum Gasteiger partial charge on any atom is -0.481 e. The monoisotopic (exact) mass is 426 g/mol. The van der Waals surface area contributed by atoms with Crippen LogP contribution in [0.1, 0.15) is 45.7 Å². The SMILES string of the molecule is O=C(O)CCn1cc(CNc2cccc3c2C(=O)N(C2CCC(=O)NC2=O)C3=O)nn1. The van der Waals surface area contributed by atoms with Crippen molar-refractivity contribution in [2.45, 2.75) is 38.4 Å². The van der Waals surface area contributed by atoms with E-state index in [1.165, 1.54) is 10.7 Å². The molecule has 4 amide bonds. The average molecular weight is 426 g/mol. The zero-order valence-corrected chi connectivity index (χ0v) is 16.2. The van der Waals surface area contributed by atoms with Gasteiger partial charge in [0, 0.05) is 12.1 Å². The summed E-state index contributed by atoms with van der Waals surface area (Å²) in [5, 5.41) is 21.7. The van der Waals surface area contributed by atoms with E-state index < -0.39 is 35.6 Å². The van der Waals surface area contributed by atoms with E-state index in [1.807, 2.05) is 0 Å². The lowest BCUT2D eigenvalue weighted by Gasteiger charge is -2.27. The number of hydrogen-bond donors (Lipinski definition) is 3. The Morgan fingerprint density at radius 1 is 1.23 bits per heavy atom. The molecule has 2 aliphatic heterocycles. The number of rotatable bonds is 7. The highest BCUT2D eigenvalue weighted by atomic mass is 16.4. The number of aliphatic carboxylic acids is 1. The van der Waals surface area contributed by atoms with Crippen LogP contribution in [0.5, 0.6) is 0 Å². The molecule has 12 heteroatoms. The lowest BCUT2D eigenvalue weighted by molar-refractivity contribution is -0.138. The maximum atomic E-state index is 13.0. The van der Waals surface area contributed by atoms with Gasteiger partial charge in [-0.05, 0) is 18.6 Å². The fourth-order valence-electron chi connectivity index (χ4n) is 3.59. The summed E-state index contributed by atoms with van der Waals surface area (Å²) in [6.45, 7) is 0.361. The van der Waals surface area contributed by atoms with Crippen molar-refractivity contribution in [3.8, 4) is 0 Å². The van der Waals surface area contributed by atoms with E-state index in [0.717, 1.165) is 4.90 Å². The molecule has 2 aromatic rings. The van der Waals surface area contributed by atoms with Crippen LogP contribution in [0.3, 0.4) is 0 Å². The second kappa shape index (κ2) is 7.97. The second-order valence-electron chi connectivity index (χ2n) is 7.15. The van der Waals surface area contributed by atoms with Gasteiger partial charge in [0.1, 0.15) is 11.7 Å². The van der Waals surface area contributed by atoms with Crippen LogP contribution >= 0.6 is 0 Å². The average Bonchev–Trinajstić information content (AvgIpc) is 3.29. The lowest BCUT2D eigenvalue weighted by atomic mass is 10.0. The molecule has 31 heavy (non-hydrogen) atoms. The topological polar surface area (TPSA) is 164 Å². The van der Waals surface area contributed by atoms with Gasteiger partial charge in [-0.3, -0.25) is 38.9 Å². The fraction of sp³-hybridized carbons (Fsp3) is 0.316. The van der Waals surface area contributed by atoms with Crippen molar-refractivity contribution in [1.29, 1.82) is 0 Å². The summed E-state index contributed by atoms with van der Waals surface area (Å²) in [7, 11) is 0. The molecule has 1 aromatic heterocycles. The van der Waals surface area contributed by atoms with Crippen molar-refractivity contribution >= 4 is 35.3 Å². The Balaban J connectivity index is 1.50. The number of aromatic nitrogens is 3. The standard InChI is InChI=1S/C19H18N6O6/c26-14-5-4-13(17(29)21-14)25-18(30)11-2-1-3-12(16(11)19(25)31)20-8-10-9-24(23-22-10)7-6-15(27)28/h1-3,9,13,20H,4-8H2,(H,27,28)(H,21,26,29). The molecule has 1 atom stereocenters. The number of carbonyl (C=O) groups excluding carboxylic acids is 4. The van der Waals surface area contributed by atoms with E-state index in [4.69, 9.17) is 5.11 Å². The van der Waals surface area contributed by atoms with E-state index in [2.05, 4.69) is 20.9 Å². The van der Waals surface area contributed by atoms with Gasteiger partial charge >= 0.3 is 5.97 Å². The van der Waals surface area contributed by atoms with E-state index in [0.29, 0.717) is 11.4 Å². The van der Waals surface area contributed by atoms with Crippen molar-refractivity contribution in [3.63, 3.8) is 0 Å². The smallest absolute Gasteiger partial charge is 0.305 e. The maximum absolute atomic E-state index is 13.0. The summed E-state index contributed by atoms with van der Waals surface area (Å²) < 4.78 is 1.40. The van der Waals surface area contributed by atoms with Crippen LogP contribution in [0.15, 0.2) is 24.4 Å². The first-order valence-corrected chi connectivity index (χ1v) is 9.54. The van der Waals surface area contributed by atoms with Gasteiger partial charge in [0.05, 0.1) is 36.8 Å². The molecule has 12 nitrogen and oxygen atoms in total. The third-order valence-corrected chi connectivity index (χ3v) is 5.07. The number of carbonyl (C=O) groups is 5. The van der Waals surface area contributed by atoms with Crippen LogP contribution in [0.25, 0.3) is 0 Å². The van der Waals surface area contributed by atoms with Gasteiger partial charge in [-0.15, -0.1) is 5.10 Å². The molecule has 0 aliphatic carbocycles. The summed E-state index contributed by atoms with van der Waals surface area (Å²) in [5.41, 5.74) is 1.23. The Hall–Kier alpha value is -4.09. The second-order valence-corrected chi connectivity index (χ2v) is 7.15. The van der Waals surface area contributed by atoms with Gasteiger partial charge in [0.25, 0.3) is 11.8 Å². The van der Waals surface area contributed by atoms with Crippen molar-refractivity contribution in [3.05, 3.63) is 41.2 Å². The summed E-state index contributed by atoms with van der Waals surface area (Å²) >= 11 is 0. The summed E-state index contributed by atoms with van der Waals surface area (Å²) in [6, 6.07) is 3.72.